The van der Waals surface area contributed by atoms with Crippen molar-refractivity contribution in [2.24, 2.45) is 0 Å². The van der Waals surface area contributed by atoms with Gasteiger partial charge in [0.05, 0.1) is 29.2 Å². The second kappa shape index (κ2) is 6.66. The Kier molecular flexibility index (Phi) is 4.83. The van der Waals surface area contributed by atoms with Crippen LogP contribution in [0.25, 0.3) is 0 Å². The van der Waals surface area contributed by atoms with Gasteiger partial charge in [-0.3, -0.25) is 4.31 Å². The highest BCUT2D eigenvalue weighted by Crippen LogP contribution is 2.38. The van der Waals surface area contributed by atoms with Crippen LogP contribution < -0.4 is 9.21 Å². The van der Waals surface area contributed by atoms with Crippen molar-refractivity contribution in [1.29, 1.82) is 0 Å². The Hall–Kier alpha value is -1.93. The number of hydrogen-bond acceptors (Lipinski definition) is 3. The summed E-state index contributed by atoms with van der Waals surface area (Å²) in [5.74, 6) is -0.728. The maximum absolute atomic E-state index is 13.2. The van der Waals surface area contributed by atoms with E-state index in [1.54, 1.807) is 25.2 Å². The summed E-state index contributed by atoms with van der Waals surface area (Å²) in [6, 6.07) is 9.50. The zero-order valence-electron chi connectivity index (χ0n) is 13.8. The lowest BCUT2D eigenvalue weighted by atomic mass is 10.1. The van der Waals surface area contributed by atoms with Gasteiger partial charge in [0, 0.05) is 18.6 Å². The summed E-state index contributed by atoms with van der Waals surface area (Å²) in [7, 11) is -2.20. The predicted molar refractivity (Wildman–Crippen MR) is 96.1 cm³/mol. The quantitative estimate of drug-likeness (QED) is 0.771. The van der Waals surface area contributed by atoms with Gasteiger partial charge < -0.3 is 4.90 Å². The van der Waals surface area contributed by atoms with E-state index in [1.807, 2.05) is 4.90 Å². The van der Waals surface area contributed by atoms with E-state index in [9.17, 15) is 21.6 Å². The zero-order chi connectivity index (χ0) is 19.1. The molecule has 1 heterocycles. The summed E-state index contributed by atoms with van der Waals surface area (Å²) in [6.07, 6.45) is -4.61. The number of sulfonamides is 1. The van der Waals surface area contributed by atoms with Crippen molar-refractivity contribution in [3.05, 3.63) is 58.6 Å². The summed E-state index contributed by atoms with van der Waals surface area (Å²) in [6.45, 7) is 0.565. The molecule has 26 heavy (non-hydrogen) atoms. The van der Waals surface area contributed by atoms with Crippen LogP contribution in [0, 0.1) is 0 Å². The molecular weight excluding hydrogens is 389 g/mol. The number of fused-ring (bicyclic) bond motifs is 1. The first-order valence-corrected chi connectivity index (χ1v) is 9.74. The van der Waals surface area contributed by atoms with Crippen LogP contribution in [0.1, 0.15) is 11.1 Å². The third-order valence-electron chi connectivity index (χ3n) is 4.25. The summed E-state index contributed by atoms with van der Waals surface area (Å²) >= 11 is 5.99. The zero-order valence-corrected chi connectivity index (χ0v) is 15.4. The molecule has 1 aliphatic rings. The van der Waals surface area contributed by atoms with Crippen LogP contribution in [0.2, 0.25) is 5.02 Å². The Morgan fingerprint density at radius 2 is 1.77 bits per heavy atom. The molecule has 9 heteroatoms. The number of likely N-dealkylation sites (N-methyl/N-ethyl adjacent to an activating group) is 1. The van der Waals surface area contributed by atoms with Crippen LogP contribution in [-0.2, 0) is 22.0 Å². The van der Waals surface area contributed by atoms with Crippen LogP contribution in [0.5, 0.6) is 0 Å². The first-order chi connectivity index (χ1) is 12.1. The third kappa shape index (κ3) is 3.61. The van der Waals surface area contributed by atoms with E-state index in [1.165, 1.54) is 18.2 Å². The van der Waals surface area contributed by atoms with Crippen LogP contribution in [0.4, 0.5) is 24.5 Å². The first-order valence-electron chi connectivity index (χ1n) is 7.76. The van der Waals surface area contributed by atoms with Crippen molar-refractivity contribution in [3.8, 4) is 0 Å². The van der Waals surface area contributed by atoms with Gasteiger partial charge in [-0.2, -0.15) is 13.2 Å². The molecule has 3 rings (SSSR count). The fraction of sp³-hybridized carbons (Fsp3) is 0.294. The van der Waals surface area contributed by atoms with Gasteiger partial charge >= 0.3 is 6.18 Å². The number of alkyl halides is 3. The molecule has 0 radical (unpaired) electrons. The summed E-state index contributed by atoms with van der Waals surface area (Å²) in [4.78, 5) is 1.86. The fourth-order valence-electron chi connectivity index (χ4n) is 2.98. The smallest absolute Gasteiger partial charge is 0.371 e. The monoisotopic (exact) mass is 404 g/mol. The Balaban J connectivity index is 2.00. The van der Waals surface area contributed by atoms with Crippen molar-refractivity contribution >= 4 is 33.0 Å². The number of nitrogens with zero attached hydrogens (tertiary/aromatic N) is 2. The first kappa shape index (κ1) is 18.8. The number of halogens is 4. The second-order valence-corrected chi connectivity index (χ2v) is 8.37. The van der Waals surface area contributed by atoms with Crippen molar-refractivity contribution in [3.63, 3.8) is 0 Å². The van der Waals surface area contributed by atoms with Crippen molar-refractivity contribution in [2.45, 2.75) is 11.9 Å². The van der Waals surface area contributed by atoms with Crippen LogP contribution >= 0.6 is 11.6 Å². The molecule has 0 atom stereocenters. The van der Waals surface area contributed by atoms with E-state index in [4.69, 9.17) is 11.6 Å². The minimum atomic E-state index is -4.61. The van der Waals surface area contributed by atoms with E-state index in [0.29, 0.717) is 22.9 Å². The maximum Gasteiger partial charge on any atom is 0.416 e. The Bertz CT molecular complexity index is 932. The molecule has 0 saturated carbocycles. The average molecular weight is 405 g/mol. The lowest BCUT2D eigenvalue weighted by molar-refractivity contribution is -0.138. The SMILES string of the molecule is CN1CCN(S(=O)(=O)Cc2ccccc2C(F)(F)F)c2ccc(Cl)cc21. The average Bonchev–Trinajstić information content (AvgIpc) is 2.54. The van der Waals surface area contributed by atoms with E-state index in [-0.39, 0.29) is 12.1 Å². The van der Waals surface area contributed by atoms with Gasteiger partial charge in [-0.1, -0.05) is 29.8 Å². The van der Waals surface area contributed by atoms with E-state index < -0.39 is 27.5 Å². The van der Waals surface area contributed by atoms with Gasteiger partial charge in [-0.25, -0.2) is 8.42 Å². The van der Waals surface area contributed by atoms with Crippen LogP contribution in [0.3, 0.4) is 0 Å². The highest BCUT2D eigenvalue weighted by molar-refractivity contribution is 7.92. The molecule has 0 spiro atoms. The summed E-state index contributed by atoms with van der Waals surface area (Å²) < 4.78 is 66.5. The van der Waals surface area contributed by atoms with Crippen LogP contribution in [-0.4, -0.2) is 28.6 Å². The standard InChI is InChI=1S/C17H16ClF3N2O2S/c1-22-8-9-23(15-7-6-13(18)10-16(15)22)26(24,25)11-12-4-2-3-5-14(12)17(19,20)21/h2-7,10H,8-9,11H2,1H3. The Labute approximate surface area is 154 Å². The normalized spacial score (nSPS) is 15.1. The van der Waals surface area contributed by atoms with Gasteiger partial charge in [-0.05, 0) is 29.8 Å². The van der Waals surface area contributed by atoms with E-state index in [2.05, 4.69) is 0 Å². The Morgan fingerprint density at radius 1 is 1.08 bits per heavy atom. The summed E-state index contributed by atoms with van der Waals surface area (Å²) in [5, 5.41) is 0.456. The molecule has 0 aliphatic carbocycles. The highest BCUT2D eigenvalue weighted by atomic mass is 35.5. The molecule has 0 bridgehead atoms. The van der Waals surface area contributed by atoms with Crippen molar-refractivity contribution in [1.82, 2.24) is 0 Å². The van der Waals surface area contributed by atoms with Gasteiger partial charge in [0.15, 0.2) is 0 Å². The maximum atomic E-state index is 13.2. The number of anilines is 2. The van der Waals surface area contributed by atoms with Gasteiger partial charge in [0.1, 0.15) is 0 Å². The molecule has 4 nitrogen and oxygen atoms in total. The molecule has 2 aromatic rings. The third-order valence-corrected chi connectivity index (χ3v) is 6.21. The molecule has 0 aromatic heterocycles. The molecule has 1 aliphatic heterocycles. The molecule has 0 amide bonds. The van der Waals surface area contributed by atoms with Gasteiger partial charge in [-0.15, -0.1) is 0 Å². The van der Waals surface area contributed by atoms with E-state index in [0.717, 1.165) is 10.4 Å². The second-order valence-electron chi connectivity index (χ2n) is 6.04. The minimum Gasteiger partial charge on any atom is -0.371 e. The number of benzene rings is 2. The molecule has 140 valence electrons. The molecule has 0 N–H and O–H groups in total. The molecule has 2 aromatic carbocycles. The Morgan fingerprint density at radius 3 is 2.46 bits per heavy atom. The lowest BCUT2D eigenvalue weighted by Crippen LogP contribution is -2.43. The fourth-order valence-corrected chi connectivity index (χ4v) is 4.76. The number of rotatable bonds is 3. The predicted octanol–water partition coefficient (Wildman–Crippen LogP) is 4.15. The van der Waals surface area contributed by atoms with E-state index >= 15 is 0 Å². The topological polar surface area (TPSA) is 40.6 Å². The largest absolute Gasteiger partial charge is 0.416 e. The van der Waals surface area contributed by atoms with Crippen molar-refractivity contribution in [2.75, 3.05) is 29.3 Å². The van der Waals surface area contributed by atoms with Gasteiger partial charge in [0.25, 0.3) is 0 Å². The lowest BCUT2D eigenvalue weighted by Gasteiger charge is -2.36. The molecule has 0 fully saturated rings. The minimum absolute atomic E-state index is 0.154. The van der Waals surface area contributed by atoms with Gasteiger partial charge in [0.2, 0.25) is 10.0 Å². The highest BCUT2D eigenvalue weighted by Gasteiger charge is 2.36. The van der Waals surface area contributed by atoms with Crippen LogP contribution in [0.15, 0.2) is 42.5 Å². The summed E-state index contributed by atoms with van der Waals surface area (Å²) in [5.41, 5.74) is -0.174. The molecular formula is C17H16ClF3N2O2S. The molecule has 0 unspecified atom stereocenters. The molecule has 0 saturated heterocycles. The number of hydrogen-bond donors (Lipinski definition) is 0. The van der Waals surface area contributed by atoms with Crippen molar-refractivity contribution < 1.29 is 21.6 Å².